The van der Waals surface area contributed by atoms with Crippen molar-refractivity contribution in [2.75, 3.05) is 70.5 Å². The largest absolute Gasteiger partial charge is 0.383 e. The summed E-state index contributed by atoms with van der Waals surface area (Å²) < 4.78 is 32.2. The number of H-pyrrole nitrogens is 1. The fourth-order valence-corrected chi connectivity index (χ4v) is 6.18. The summed E-state index contributed by atoms with van der Waals surface area (Å²) in [6, 6.07) is 16.5. The summed E-state index contributed by atoms with van der Waals surface area (Å²) in [5.41, 5.74) is 7.59. The highest BCUT2D eigenvalue weighted by Gasteiger charge is 2.21. The molecule has 4 heterocycles. The maximum absolute atomic E-state index is 13.1. The maximum Gasteiger partial charge on any atom is 0.327 e. The van der Waals surface area contributed by atoms with Gasteiger partial charge in [-0.2, -0.15) is 4.39 Å². The minimum absolute atomic E-state index is 0.164. The number of aromatic nitrogens is 5. The van der Waals surface area contributed by atoms with Crippen LogP contribution in [-0.2, 0) is 20.8 Å². The Morgan fingerprint density at radius 1 is 1.08 bits per heavy atom. The number of aromatic amines is 1. The number of benzene rings is 3. The number of hydrogen-bond donors (Lipinski definition) is 2. The molecule has 7 rings (SSSR count). The van der Waals surface area contributed by atoms with E-state index in [0.717, 1.165) is 77.5 Å². The highest BCUT2D eigenvalue weighted by Crippen LogP contribution is 2.33. The average Bonchev–Trinajstić information content (AvgIpc) is 3.86. The topological polar surface area (TPSA) is 145 Å². The van der Waals surface area contributed by atoms with E-state index in [2.05, 4.69) is 66.1 Å². The van der Waals surface area contributed by atoms with Crippen LogP contribution >= 0.6 is 11.3 Å². The molecule has 1 fully saturated rings. The molecule has 0 amide bonds. The minimum atomic E-state index is -0.845. The van der Waals surface area contributed by atoms with Gasteiger partial charge >= 0.3 is 5.69 Å². The standard InChI is InChI=1S/C24H24N6O2S.C9H11FN2O3/c1-31-10-9-30-20-4-2-3-19(29-7-11-32-12-8-29)22(20)28-24(30)18-14-25-23(27-18)16-5-6-21-17(13-16)26-15-33-21;1-15-6-5-11-8-4-2-3-7(10)9(8)12(13)14/h2-6,13-15H,7-12H2,1H3,(H,25,27);2-4,11H,5-6H2,1H3. The van der Waals surface area contributed by atoms with E-state index in [0.29, 0.717) is 26.3 Å². The summed E-state index contributed by atoms with van der Waals surface area (Å²) in [5, 5.41) is 13.3. The van der Waals surface area contributed by atoms with Gasteiger partial charge in [-0.3, -0.25) is 10.1 Å². The summed E-state index contributed by atoms with van der Waals surface area (Å²) in [5.74, 6) is 0.817. The van der Waals surface area contributed by atoms with Crippen LogP contribution in [0.1, 0.15) is 0 Å². The van der Waals surface area contributed by atoms with Crippen molar-refractivity contribution in [3.63, 3.8) is 0 Å². The van der Waals surface area contributed by atoms with Gasteiger partial charge in [0.15, 0.2) is 5.82 Å². The van der Waals surface area contributed by atoms with Crippen molar-refractivity contribution in [2.45, 2.75) is 6.54 Å². The molecular formula is C33H35FN8O5S. The number of nitrogens with zero attached hydrogens (tertiary/aromatic N) is 6. The number of anilines is 2. The minimum Gasteiger partial charge on any atom is -0.383 e. The van der Waals surface area contributed by atoms with E-state index < -0.39 is 16.4 Å². The van der Waals surface area contributed by atoms with Crippen LogP contribution in [0.15, 0.2) is 66.3 Å². The summed E-state index contributed by atoms with van der Waals surface area (Å²) in [6.07, 6.45) is 1.86. The molecule has 0 saturated carbocycles. The second-order valence-electron chi connectivity index (χ2n) is 10.8. The Morgan fingerprint density at radius 3 is 2.69 bits per heavy atom. The van der Waals surface area contributed by atoms with Crippen LogP contribution in [0.4, 0.5) is 21.5 Å². The van der Waals surface area contributed by atoms with Crippen molar-refractivity contribution >= 4 is 49.6 Å². The summed E-state index contributed by atoms with van der Waals surface area (Å²) >= 11 is 1.64. The van der Waals surface area contributed by atoms with Gasteiger partial charge in [-0.1, -0.05) is 12.1 Å². The molecule has 6 aromatic rings. The number of fused-ring (bicyclic) bond motifs is 2. The number of ether oxygens (including phenoxy) is 3. The van der Waals surface area contributed by atoms with Crippen LogP contribution in [-0.4, -0.2) is 89.7 Å². The van der Waals surface area contributed by atoms with Gasteiger partial charge in [-0.15, -0.1) is 11.3 Å². The smallest absolute Gasteiger partial charge is 0.327 e. The number of hydrogen-bond acceptors (Lipinski definition) is 11. The molecule has 0 radical (unpaired) electrons. The maximum atomic E-state index is 13.1. The predicted octanol–water partition coefficient (Wildman–Crippen LogP) is 5.98. The molecule has 1 aliphatic rings. The van der Waals surface area contributed by atoms with Gasteiger partial charge in [0, 0.05) is 46.0 Å². The molecule has 0 atom stereocenters. The molecule has 0 unspecified atom stereocenters. The first-order valence-corrected chi connectivity index (χ1v) is 16.2. The van der Waals surface area contributed by atoms with Crippen LogP contribution in [0.25, 0.3) is 44.2 Å². The van der Waals surface area contributed by atoms with Crippen molar-refractivity contribution in [2.24, 2.45) is 0 Å². The van der Waals surface area contributed by atoms with Crippen molar-refractivity contribution < 1.29 is 23.5 Å². The number of morpholine rings is 1. The van der Waals surface area contributed by atoms with Gasteiger partial charge < -0.3 is 34.0 Å². The van der Waals surface area contributed by atoms with E-state index in [1.54, 1.807) is 18.4 Å². The van der Waals surface area contributed by atoms with Gasteiger partial charge in [0.2, 0.25) is 5.82 Å². The lowest BCUT2D eigenvalue weighted by atomic mass is 10.2. The van der Waals surface area contributed by atoms with Gasteiger partial charge in [0.1, 0.15) is 22.7 Å². The Hall–Kier alpha value is -4.96. The van der Waals surface area contributed by atoms with Crippen molar-refractivity contribution in [3.05, 3.63) is 82.2 Å². The number of nitrogens with one attached hydrogen (secondary N) is 2. The number of nitro benzene ring substituents is 1. The van der Waals surface area contributed by atoms with E-state index in [1.165, 1.54) is 23.9 Å². The third kappa shape index (κ3) is 7.13. The van der Waals surface area contributed by atoms with Crippen molar-refractivity contribution in [1.82, 2.24) is 24.5 Å². The zero-order valence-corrected chi connectivity index (χ0v) is 27.3. The van der Waals surface area contributed by atoms with Gasteiger partial charge in [0.05, 0.1) is 64.5 Å². The first kappa shape index (κ1) is 33.0. The van der Waals surface area contributed by atoms with Crippen LogP contribution in [0.2, 0.25) is 0 Å². The van der Waals surface area contributed by atoms with Crippen LogP contribution in [0, 0.1) is 15.9 Å². The Kier molecular flexibility index (Phi) is 10.5. The molecule has 15 heteroatoms. The molecule has 3 aromatic heterocycles. The molecule has 1 saturated heterocycles. The molecule has 48 heavy (non-hydrogen) atoms. The average molecular weight is 675 g/mol. The third-order valence-corrected chi connectivity index (χ3v) is 8.65. The first-order chi connectivity index (χ1) is 23.5. The second-order valence-corrected chi connectivity index (χ2v) is 11.7. The number of nitro groups is 1. The number of halogens is 1. The quantitative estimate of drug-likeness (QED) is 0.0957. The molecule has 1 aliphatic heterocycles. The van der Waals surface area contributed by atoms with Crippen LogP contribution in [0.3, 0.4) is 0 Å². The van der Waals surface area contributed by atoms with Crippen LogP contribution < -0.4 is 10.2 Å². The highest BCUT2D eigenvalue weighted by atomic mass is 32.1. The number of rotatable bonds is 11. The van der Waals surface area contributed by atoms with Crippen LogP contribution in [0.5, 0.6) is 0 Å². The summed E-state index contributed by atoms with van der Waals surface area (Å²) in [4.78, 5) is 29.9. The fourth-order valence-electron chi connectivity index (χ4n) is 5.52. The highest BCUT2D eigenvalue weighted by molar-refractivity contribution is 7.16. The van der Waals surface area contributed by atoms with Gasteiger partial charge in [0.25, 0.3) is 0 Å². The Labute approximate surface area is 279 Å². The summed E-state index contributed by atoms with van der Waals surface area (Å²) in [7, 11) is 3.24. The molecule has 0 bridgehead atoms. The Morgan fingerprint density at radius 2 is 1.90 bits per heavy atom. The zero-order valence-electron chi connectivity index (χ0n) is 26.5. The number of imidazole rings is 2. The second kappa shape index (κ2) is 15.3. The zero-order chi connectivity index (χ0) is 33.5. The first-order valence-electron chi connectivity index (χ1n) is 15.3. The monoisotopic (exact) mass is 674 g/mol. The van der Waals surface area contributed by atoms with E-state index in [9.17, 15) is 14.5 Å². The molecule has 2 N–H and O–H groups in total. The van der Waals surface area contributed by atoms with Gasteiger partial charge in [-0.25, -0.2) is 15.0 Å². The number of methoxy groups -OCH3 is 2. The molecule has 13 nitrogen and oxygen atoms in total. The van der Waals surface area contributed by atoms with E-state index in [4.69, 9.17) is 19.2 Å². The number of thiazole rings is 1. The van der Waals surface area contributed by atoms with E-state index >= 15 is 0 Å². The molecule has 0 aliphatic carbocycles. The third-order valence-electron chi connectivity index (χ3n) is 7.84. The molecule has 0 spiro atoms. The lowest BCUT2D eigenvalue weighted by molar-refractivity contribution is -0.386. The van der Waals surface area contributed by atoms with E-state index in [1.807, 2.05) is 11.7 Å². The fraction of sp³-hybridized carbons (Fsp3) is 0.303. The lowest BCUT2D eigenvalue weighted by Crippen LogP contribution is -2.36. The normalized spacial score (nSPS) is 13.1. The Balaban J connectivity index is 0.000000226. The Bertz CT molecular complexity index is 2000. The number of para-hydroxylation sites is 2. The molecule has 250 valence electrons. The van der Waals surface area contributed by atoms with Gasteiger partial charge in [-0.05, 0) is 42.5 Å². The van der Waals surface area contributed by atoms with Crippen molar-refractivity contribution in [1.29, 1.82) is 0 Å². The van der Waals surface area contributed by atoms with E-state index in [-0.39, 0.29) is 5.69 Å². The van der Waals surface area contributed by atoms with Crippen molar-refractivity contribution in [3.8, 4) is 22.9 Å². The lowest BCUT2D eigenvalue weighted by Gasteiger charge is -2.29. The predicted molar refractivity (Wildman–Crippen MR) is 184 cm³/mol. The molecular weight excluding hydrogens is 639 g/mol. The SMILES string of the molecule is COCCNc1cccc(F)c1[N+](=O)[O-].COCCn1c(-c2cnc(-c3ccc4scnc4c3)[nH]2)nc2c(N3CCOCC3)cccc21. The summed E-state index contributed by atoms with van der Waals surface area (Å²) in [6.45, 7) is 5.30. The molecule has 3 aromatic carbocycles.